The number of hydrogen-bond acceptors (Lipinski definition) is 3. The Bertz CT molecular complexity index is 285. The molecule has 4 N–H and O–H groups in total. The Balaban J connectivity index is 2.57. The first-order valence-electron chi connectivity index (χ1n) is 3.56. The van der Waals surface area contributed by atoms with Crippen LogP contribution in [0.5, 0.6) is 5.75 Å². The van der Waals surface area contributed by atoms with Crippen molar-refractivity contribution in [2.45, 2.75) is 6.04 Å². The minimum atomic E-state index is -0.00602. The molecule has 0 unspecified atom stereocenters. The van der Waals surface area contributed by atoms with Crippen LogP contribution in [0.1, 0.15) is 11.6 Å². The molecule has 0 amide bonds. The van der Waals surface area contributed by atoms with Gasteiger partial charge in [0.15, 0.2) is 0 Å². The van der Waals surface area contributed by atoms with E-state index in [0.29, 0.717) is 12.3 Å². The third-order valence-electron chi connectivity index (χ3n) is 1.88. The highest BCUT2D eigenvalue weighted by atomic mass is 16.5. The molecule has 0 fully saturated rings. The molecule has 1 aliphatic rings. The molecule has 0 bridgehead atoms. The second-order valence-electron chi connectivity index (χ2n) is 2.68. The number of ether oxygens (including phenoxy) is 1. The first kappa shape index (κ1) is 6.49. The van der Waals surface area contributed by atoms with Crippen LogP contribution in [0.4, 0.5) is 5.69 Å². The molecule has 1 aromatic rings. The molecular formula is C8H10N2O. The van der Waals surface area contributed by atoms with Crippen molar-refractivity contribution in [3.63, 3.8) is 0 Å². The number of para-hydroxylation sites is 1. The van der Waals surface area contributed by atoms with Gasteiger partial charge in [-0.05, 0) is 6.07 Å². The van der Waals surface area contributed by atoms with Crippen molar-refractivity contribution in [2.24, 2.45) is 5.73 Å². The van der Waals surface area contributed by atoms with Crippen molar-refractivity contribution >= 4 is 5.69 Å². The normalized spacial score (nSPS) is 21.0. The van der Waals surface area contributed by atoms with Crippen LogP contribution in [0.25, 0.3) is 0 Å². The molecule has 0 radical (unpaired) electrons. The van der Waals surface area contributed by atoms with E-state index in [1.807, 2.05) is 18.2 Å². The quantitative estimate of drug-likeness (QED) is 0.534. The molecular weight excluding hydrogens is 140 g/mol. The predicted molar refractivity (Wildman–Crippen MR) is 43.3 cm³/mol. The summed E-state index contributed by atoms with van der Waals surface area (Å²) in [6.45, 7) is 0.545. The maximum atomic E-state index is 5.73. The van der Waals surface area contributed by atoms with Crippen LogP contribution in [0.3, 0.4) is 0 Å². The Morgan fingerprint density at radius 2 is 2.27 bits per heavy atom. The fraction of sp³-hybridized carbons (Fsp3) is 0.250. The van der Waals surface area contributed by atoms with Gasteiger partial charge in [-0.25, -0.2) is 0 Å². The number of hydrogen-bond donors (Lipinski definition) is 2. The lowest BCUT2D eigenvalue weighted by molar-refractivity contribution is 0.334. The number of benzene rings is 1. The molecule has 0 aromatic heterocycles. The number of nitrogens with two attached hydrogens (primary N) is 2. The Kier molecular flexibility index (Phi) is 1.26. The summed E-state index contributed by atoms with van der Waals surface area (Å²) < 4.78 is 5.29. The van der Waals surface area contributed by atoms with E-state index in [1.165, 1.54) is 0 Å². The lowest BCUT2D eigenvalue weighted by Crippen LogP contribution is -2.10. The maximum absolute atomic E-state index is 5.73. The lowest BCUT2D eigenvalue weighted by Gasteiger charge is -2.01. The predicted octanol–water partition coefficient (Wildman–Crippen LogP) is 0.661. The van der Waals surface area contributed by atoms with Gasteiger partial charge < -0.3 is 16.2 Å². The van der Waals surface area contributed by atoms with Crippen molar-refractivity contribution in [2.75, 3.05) is 12.3 Å². The molecule has 0 saturated heterocycles. The zero-order valence-electron chi connectivity index (χ0n) is 6.08. The summed E-state index contributed by atoms with van der Waals surface area (Å²) >= 11 is 0. The molecule has 11 heavy (non-hydrogen) atoms. The fourth-order valence-corrected chi connectivity index (χ4v) is 1.30. The summed E-state index contributed by atoms with van der Waals surface area (Å²) in [6.07, 6.45) is 0. The number of rotatable bonds is 0. The van der Waals surface area contributed by atoms with Crippen LogP contribution < -0.4 is 16.2 Å². The van der Waals surface area contributed by atoms with Gasteiger partial charge in [0.05, 0.1) is 11.7 Å². The van der Waals surface area contributed by atoms with E-state index >= 15 is 0 Å². The third-order valence-corrected chi connectivity index (χ3v) is 1.88. The summed E-state index contributed by atoms with van der Waals surface area (Å²) in [5.74, 6) is 0.764. The van der Waals surface area contributed by atoms with Gasteiger partial charge in [-0.2, -0.15) is 0 Å². The van der Waals surface area contributed by atoms with Gasteiger partial charge in [-0.3, -0.25) is 0 Å². The molecule has 2 rings (SSSR count). The molecule has 3 heteroatoms. The van der Waals surface area contributed by atoms with E-state index in [4.69, 9.17) is 16.2 Å². The largest absolute Gasteiger partial charge is 0.489 e. The van der Waals surface area contributed by atoms with E-state index < -0.39 is 0 Å². The minimum Gasteiger partial charge on any atom is -0.489 e. The standard InChI is InChI=1S/C8H10N2O/c9-6-3-1-2-5-7(10)4-11-8(5)6/h1-3,7H,4,9-10H2/t7-/m1/s1. The smallest absolute Gasteiger partial charge is 0.147 e. The Hall–Kier alpha value is -1.22. The third kappa shape index (κ3) is 0.851. The molecule has 1 heterocycles. The van der Waals surface area contributed by atoms with Crippen molar-refractivity contribution in [1.82, 2.24) is 0 Å². The first-order chi connectivity index (χ1) is 5.29. The number of nitrogen functional groups attached to an aromatic ring is 1. The molecule has 1 atom stereocenters. The highest BCUT2D eigenvalue weighted by Crippen LogP contribution is 2.35. The zero-order valence-corrected chi connectivity index (χ0v) is 6.08. The summed E-state index contributed by atoms with van der Waals surface area (Å²) in [7, 11) is 0. The van der Waals surface area contributed by atoms with Gasteiger partial charge in [-0.1, -0.05) is 12.1 Å². The van der Waals surface area contributed by atoms with Crippen molar-refractivity contribution in [1.29, 1.82) is 0 Å². The second kappa shape index (κ2) is 2.13. The Labute approximate surface area is 64.9 Å². The first-order valence-corrected chi connectivity index (χ1v) is 3.56. The molecule has 58 valence electrons. The van der Waals surface area contributed by atoms with Crippen LogP contribution in [-0.4, -0.2) is 6.61 Å². The Morgan fingerprint density at radius 3 is 3.00 bits per heavy atom. The monoisotopic (exact) mass is 150 g/mol. The highest BCUT2D eigenvalue weighted by Gasteiger charge is 2.21. The zero-order chi connectivity index (χ0) is 7.84. The van der Waals surface area contributed by atoms with Crippen LogP contribution >= 0.6 is 0 Å². The van der Waals surface area contributed by atoms with E-state index in [0.717, 1.165) is 11.3 Å². The summed E-state index contributed by atoms with van der Waals surface area (Å²) in [6, 6.07) is 5.65. The van der Waals surface area contributed by atoms with Gasteiger partial charge in [0.25, 0.3) is 0 Å². The summed E-state index contributed by atoms with van der Waals surface area (Å²) in [5, 5.41) is 0. The summed E-state index contributed by atoms with van der Waals surface area (Å²) in [5.41, 5.74) is 13.1. The van der Waals surface area contributed by atoms with Gasteiger partial charge in [0, 0.05) is 5.56 Å². The molecule has 0 spiro atoms. The van der Waals surface area contributed by atoms with Crippen molar-refractivity contribution in [3.05, 3.63) is 23.8 Å². The van der Waals surface area contributed by atoms with E-state index in [-0.39, 0.29) is 6.04 Å². The molecule has 3 nitrogen and oxygen atoms in total. The average molecular weight is 150 g/mol. The van der Waals surface area contributed by atoms with Crippen molar-refractivity contribution < 1.29 is 4.74 Å². The molecule has 0 saturated carbocycles. The second-order valence-corrected chi connectivity index (χ2v) is 2.68. The van der Waals surface area contributed by atoms with Crippen LogP contribution in [0.15, 0.2) is 18.2 Å². The molecule has 0 aliphatic carbocycles. The van der Waals surface area contributed by atoms with Crippen LogP contribution in [0, 0.1) is 0 Å². The topological polar surface area (TPSA) is 61.3 Å². The summed E-state index contributed by atoms with van der Waals surface area (Å²) in [4.78, 5) is 0. The van der Waals surface area contributed by atoms with E-state index in [2.05, 4.69) is 0 Å². The minimum absolute atomic E-state index is 0.00602. The van der Waals surface area contributed by atoms with Crippen LogP contribution in [0.2, 0.25) is 0 Å². The lowest BCUT2D eigenvalue weighted by atomic mass is 10.1. The maximum Gasteiger partial charge on any atom is 0.147 e. The Morgan fingerprint density at radius 1 is 1.45 bits per heavy atom. The number of fused-ring (bicyclic) bond motifs is 1. The van der Waals surface area contributed by atoms with Gasteiger partial charge in [0.1, 0.15) is 12.4 Å². The van der Waals surface area contributed by atoms with Gasteiger partial charge in [0.2, 0.25) is 0 Å². The van der Waals surface area contributed by atoms with Gasteiger partial charge in [-0.15, -0.1) is 0 Å². The molecule has 1 aliphatic heterocycles. The SMILES string of the molecule is Nc1cccc2c1OC[C@H]2N. The van der Waals surface area contributed by atoms with E-state index in [1.54, 1.807) is 0 Å². The van der Waals surface area contributed by atoms with E-state index in [9.17, 15) is 0 Å². The average Bonchev–Trinajstić information content (AvgIpc) is 2.35. The molecule has 1 aromatic carbocycles. The van der Waals surface area contributed by atoms with Gasteiger partial charge >= 0.3 is 0 Å². The highest BCUT2D eigenvalue weighted by molar-refractivity contribution is 5.59. The number of anilines is 1. The van der Waals surface area contributed by atoms with Crippen LogP contribution in [-0.2, 0) is 0 Å². The van der Waals surface area contributed by atoms with Crippen molar-refractivity contribution in [3.8, 4) is 5.75 Å². The fourth-order valence-electron chi connectivity index (χ4n) is 1.30.